The summed E-state index contributed by atoms with van der Waals surface area (Å²) in [6, 6.07) is 12.2. The van der Waals surface area contributed by atoms with E-state index in [1.165, 1.54) is 13.1 Å². The number of methoxy groups -OCH3 is 1. The largest absolute Gasteiger partial charge is 0.494 e. The van der Waals surface area contributed by atoms with Gasteiger partial charge in [-0.15, -0.1) is 0 Å². The van der Waals surface area contributed by atoms with Crippen molar-refractivity contribution in [3.8, 4) is 11.5 Å². The summed E-state index contributed by atoms with van der Waals surface area (Å²) in [7, 11) is 1.40. The summed E-state index contributed by atoms with van der Waals surface area (Å²) >= 11 is 2.09. The average molecular weight is 610 g/mol. The van der Waals surface area contributed by atoms with Gasteiger partial charge >= 0.3 is 0 Å². The van der Waals surface area contributed by atoms with Crippen LogP contribution in [0.4, 0.5) is 23.1 Å². The number of benzene rings is 2. The Morgan fingerprint density at radius 3 is 2.66 bits per heavy atom. The van der Waals surface area contributed by atoms with Crippen molar-refractivity contribution < 1.29 is 17.9 Å². The highest BCUT2D eigenvalue weighted by Gasteiger charge is 2.22. The molecule has 4 rings (SSSR count). The number of likely N-dealkylation sites (tertiary alicyclic amines) is 1. The van der Waals surface area contributed by atoms with Gasteiger partial charge < -0.3 is 25.0 Å². The second-order valence-electron chi connectivity index (χ2n) is 8.00. The molecule has 3 N–H and O–H groups in total. The molecule has 1 saturated heterocycles. The maximum Gasteiger partial charge on any atom is 0.242 e. The monoisotopic (exact) mass is 610 g/mol. The number of hydrogen-bond acceptors (Lipinski definition) is 9. The van der Waals surface area contributed by atoms with Crippen LogP contribution in [0.15, 0.2) is 53.6 Å². The molecular formula is C23H27IN6O4S. The Balaban J connectivity index is 1.55. The summed E-state index contributed by atoms with van der Waals surface area (Å²) in [6.45, 7) is 1.92. The lowest BCUT2D eigenvalue weighted by molar-refractivity contribution is 0.207. The zero-order valence-corrected chi connectivity index (χ0v) is 22.6. The molecule has 1 aliphatic heterocycles. The number of aromatic nitrogens is 2. The first-order valence-electron chi connectivity index (χ1n) is 10.9. The number of para-hydroxylation sites is 1. The Morgan fingerprint density at radius 2 is 1.94 bits per heavy atom. The lowest BCUT2D eigenvalue weighted by atomic mass is 10.2. The third kappa shape index (κ3) is 6.12. The number of likely N-dealkylation sites (N-methyl/N-ethyl adjacent to an activating group) is 1. The quantitative estimate of drug-likeness (QED) is 0.313. The highest BCUT2D eigenvalue weighted by Crippen LogP contribution is 2.33. The summed E-state index contributed by atoms with van der Waals surface area (Å²) in [5, 5.41) is 6.29. The molecular weight excluding hydrogens is 583 g/mol. The molecule has 2 heterocycles. The summed E-state index contributed by atoms with van der Waals surface area (Å²) in [5.41, 5.74) is 1.08. The van der Waals surface area contributed by atoms with Crippen LogP contribution in [0.5, 0.6) is 11.5 Å². The Hall–Kier alpha value is -2.68. The molecule has 186 valence electrons. The van der Waals surface area contributed by atoms with Gasteiger partial charge in [0.15, 0.2) is 0 Å². The van der Waals surface area contributed by atoms with E-state index in [0.29, 0.717) is 28.9 Å². The van der Waals surface area contributed by atoms with E-state index >= 15 is 0 Å². The zero-order valence-electron chi connectivity index (χ0n) is 19.6. The highest BCUT2D eigenvalue weighted by molar-refractivity contribution is 14.1. The minimum atomic E-state index is -3.65. The second kappa shape index (κ2) is 10.9. The fourth-order valence-corrected chi connectivity index (χ4v) is 4.99. The van der Waals surface area contributed by atoms with Crippen LogP contribution >= 0.6 is 22.6 Å². The number of nitrogens with zero attached hydrogens (tertiary/aromatic N) is 3. The van der Waals surface area contributed by atoms with Gasteiger partial charge in [0, 0.05) is 25.4 Å². The van der Waals surface area contributed by atoms with E-state index in [1.807, 2.05) is 18.2 Å². The molecule has 0 bridgehead atoms. The molecule has 1 aromatic heterocycles. The van der Waals surface area contributed by atoms with E-state index in [0.717, 1.165) is 28.8 Å². The van der Waals surface area contributed by atoms with Gasteiger partial charge in [0.25, 0.3) is 0 Å². The molecule has 12 heteroatoms. The van der Waals surface area contributed by atoms with E-state index in [2.05, 4.69) is 59.9 Å². The zero-order chi connectivity index (χ0) is 25.0. The molecule has 0 spiro atoms. The molecule has 0 saturated carbocycles. The molecule has 0 amide bonds. The maximum atomic E-state index is 12.4. The molecule has 1 atom stereocenters. The molecule has 10 nitrogen and oxygen atoms in total. The average Bonchev–Trinajstić information content (AvgIpc) is 3.26. The van der Waals surface area contributed by atoms with Crippen LogP contribution in [0.2, 0.25) is 0 Å². The smallest absolute Gasteiger partial charge is 0.242 e. The van der Waals surface area contributed by atoms with Crippen LogP contribution in [0.1, 0.15) is 6.42 Å². The number of halogens is 1. The Labute approximate surface area is 218 Å². The number of nitrogens with one attached hydrogen (secondary N) is 3. The third-order valence-corrected chi connectivity index (χ3v) is 7.77. The lowest BCUT2D eigenvalue weighted by Crippen LogP contribution is -2.21. The van der Waals surface area contributed by atoms with Crippen LogP contribution in [-0.2, 0) is 10.0 Å². The molecule has 35 heavy (non-hydrogen) atoms. The molecule has 1 fully saturated rings. The van der Waals surface area contributed by atoms with Crippen molar-refractivity contribution in [2.75, 3.05) is 44.9 Å². The minimum Gasteiger partial charge on any atom is -0.494 e. The van der Waals surface area contributed by atoms with Crippen LogP contribution in [-0.4, -0.2) is 63.7 Å². The normalized spacial score (nSPS) is 16.2. The number of rotatable bonds is 9. The van der Waals surface area contributed by atoms with E-state index in [-0.39, 0.29) is 11.0 Å². The van der Waals surface area contributed by atoms with Gasteiger partial charge in [-0.05, 0) is 67.4 Å². The topological polar surface area (TPSA) is 118 Å². The van der Waals surface area contributed by atoms with Crippen LogP contribution < -0.4 is 24.8 Å². The molecule has 2 aromatic carbocycles. The second-order valence-corrected chi connectivity index (χ2v) is 11.0. The lowest BCUT2D eigenvalue weighted by Gasteiger charge is -2.17. The number of ether oxygens (including phenoxy) is 2. The van der Waals surface area contributed by atoms with Crippen molar-refractivity contribution in [3.63, 3.8) is 0 Å². The van der Waals surface area contributed by atoms with Gasteiger partial charge in [-0.2, -0.15) is 4.98 Å². The summed E-state index contributed by atoms with van der Waals surface area (Å²) < 4.78 is 39.5. The SMILES string of the molecule is CNS(=O)(=O)c1ccccc1Nc1nc(Nc2ccc(O[C@H]3CCN(C)C3)cc2OC)ncc1I. The maximum absolute atomic E-state index is 12.4. The van der Waals surface area contributed by atoms with Crippen molar-refractivity contribution in [1.29, 1.82) is 0 Å². The summed E-state index contributed by atoms with van der Waals surface area (Å²) in [6.07, 6.45) is 2.80. The Bertz CT molecular complexity index is 1310. The van der Waals surface area contributed by atoms with Gasteiger partial charge in [0.1, 0.15) is 28.3 Å². The fraction of sp³-hybridized carbons (Fsp3) is 0.304. The van der Waals surface area contributed by atoms with Crippen molar-refractivity contribution in [1.82, 2.24) is 19.6 Å². The minimum absolute atomic E-state index is 0.122. The molecule has 0 radical (unpaired) electrons. The first kappa shape index (κ1) is 25.4. The van der Waals surface area contributed by atoms with E-state index in [9.17, 15) is 8.42 Å². The Kier molecular flexibility index (Phi) is 7.94. The molecule has 0 aliphatic carbocycles. The standard InChI is InChI=1S/C23H27IN6O4S/c1-25-35(31,32)21-7-5-4-6-19(21)27-22-17(24)13-26-23(29-22)28-18-9-8-15(12-20(18)33-3)34-16-10-11-30(2)14-16/h4-9,12-13,16,25H,10-11,14H2,1-3H3,(H2,26,27,28,29)/t16-/m0/s1. The summed E-state index contributed by atoms with van der Waals surface area (Å²) in [4.78, 5) is 11.3. The predicted molar refractivity (Wildman–Crippen MR) is 144 cm³/mol. The van der Waals surface area contributed by atoms with Gasteiger partial charge in [-0.3, -0.25) is 0 Å². The number of sulfonamides is 1. The van der Waals surface area contributed by atoms with Crippen molar-refractivity contribution >= 4 is 55.8 Å². The van der Waals surface area contributed by atoms with E-state index in [1.54, 1.807) is 31.5 Å². The van der Waals surface area contributed by atoms with E-state index in [4.69, 9.17) is 9.47 Å². The first-order valence-corrected chi connectivity index (χ1v) is 13.5. The summed E-state index contributed by atoms with van der Waals surface area (Å²) in [5.74, 6) is 2.12. The molecule has 0 unspecified atom stereocenters. The van der Waals surface area contributed by atoms with Crippen molar-refractivity contribution in [2.45, 2.75) is 17.4 Å². The van der Waals surface area contributed by atoms with Crippen LogP contribution in [0.3, 0.4) is 0 Å². The van der Waals surface area contributed by atoms with Crippen molar-refractivity contribution in [2.24, 2.45) is 0 Å². The van der Waals surface area contributed by atoms with E-state index < -0.39 is 10.0 Å². The molecule has 1 aliphatic rings. The van der Waals surface area contributed by atoms with Gasteiger partial charge in [0.05, 0.1) is 22.1 Å². The van der Waals surface area contributed by atoms with Gasteiger partial charge in [-0.25, -0.2) is 18.1 Å². The predicted octanol–water partition coefficient (Wildman–Crippen LogP) is 3.57. The molecule has 3 aromatic rings. The first-order chi connectivity index (χ1) is 16.8. The third-order valence-electron chi connectivity index (χ3n) is 5.51. The van der Waals surface area contributed by atoms with Crippen molar-refractivity contribution in [3.05, 3.63) is 52.2 Å². The van der Waals surface area contributed by atoms with Crippen LogP contribution in [0, 0.1) is 3.57 Å². The van der Waals surface area contributed by atoms with Gasteiger partial charge in [0.2, 0.25) is 16.0 Å². The van der Waals surface area contributed by atoms with Crippen LogP contribution in [0.25, 0.3) is 0 Å². The number of hydrogen-bond donors (Lipinski definition) is 3. The number of anilines is 4. The highest BCUT2D eigenvalue weighted by atomic mass is 127. The fourth-order valence-electron chi connectivity index (χ4n) is 3.71. The van der Waals surface area contributed by atoms with Gasteiger partial charge in [-0.1, -0.05) is 12.1 Å². The Morgan fingerprint density at radius 1 is 1.14 bits per heavy atom.